The number of carbonyl (C=O) groups excluding carboxylic acids is 1. The number of hydrogen-bond acceptors (Lipinski definition) is 13. The van der Waals surface area contributed by atoms with E-state index in [4.69, 9.17) is 18.9 Å². The number of amides is 1. The number of aliphatic hydroxyl groups excluding tert-OH is 8. The van der Waals surface area contributed by atoms with Crippen molar-refractivity contribution in [1.82, 2.24) is 5.32 Å². The number of aliphatic hydroxyl groups is 8. The van der Waals surface area contributed by atoms with Crippen molar-refractivity contribution in [1.29, 1.82) is 0 Å². The van der Waals surface area contributed by atoms with Crippen molar-refractivity contribution < 1.29 is 64.6 Å². The SMILES string of the molecule is CCCCCCC/C=C\C/C=C\CCCCCCCCCCCCCC(=O)NC(COC1OC(CO)C(OC2OC(CO)C(O)C(O)C2O)C(O)C1O)C(O)/C=C/CC/C=C/CC/C=C/CCCCCCCCCCCCCCCCCCCC. The van der Waals surface area contributed by atoms with E-state index in [2.05, 4.69) is 67.8 Å². The summed E-state index contributed by atoms with van der Waals surface area (Å²) in [6.07, 6.45) is 57.0. The number of ether oxygens (including phenoxy) is 4. The molecule has 2 aliphatic heterocycles. The lowest BCUT2D eigenvalue weighted by atomic mass is 9.97. The summed E-state index contributed by atoms with van der Waals surface area (Å²) < 4.78 is 22.8. The molecule has 2 saturated heterocycles. The molecular weight excluding hydrogens is 1070 g/mol. The molecule has 12 atom stereocenters. The summed E-state index contributed by atoms with van der Waals surface area (Å²) in [6.45, 7) is 2.79. The van der Waals surface area contributed by atoms with Gasteiger partial charge in [0.05, 0.1) is 32.0 Å². The molecule has 12 unspecified atom stereocenters. The van der Waals surface area contributed by atoms with Crippen molar-refractivity contribution in [3.8, 4) is 0 Å². The van der Waals surface area contributed by atoms with Crippen LogP contribution in [0, 0.1) is 0 Å². The van der Waals surface area contributed by atoms with E-state index in [1.165, 1.54) is 205 Å². The number of rotatable bonds is 57. The Hall–Kier alpha value is -2.31. The molecule has 14 heteroatoms. The standard InChI is InChI=1S/C71H129NO13/c1-3-5-7-9-11-13-15-17-19-21-23-25-27-28-29-30-31-33-34-36-38-40-42-44-46-48-50-52-54-60(75)59(58-82-70-68(81)66(79)69(62(57-74)84-70)85-71-67(80)65(78)64(77)61(56-73)83-71)72-63(76)55-53-51-49-47-45-43-41-39-37-35-32-26-24-22-20-18-16-14-12-10-8-6-4-2/h16,18,22,24,36,38,44,46,52,54,59-62,64-71,73-75,77-81H,3-15,17,19-21,23,25-35,37,39-43,45,47-51,53,55-58H2,1-2H3,(H,72,76)/b18-16-,24-22-,38-36+,46-44+,54-52+. The predicted molar refractivity (Wildman–Crippen MR) is 346 cm³/mol. The molecule has 1 amide bonds. The Morgan fingerprint density at radius 2 is 0.788 bits per heavy atom. The molecule has 0 aliphatic carbocycles. The van der Waals surface area contributed by atoms with Crippen LogP contribution in [0.5, 0.6) is 0 Å². The van der Waals surface area contributed by atoms with Gasteiger partial charge in [0.2, 0.25) is 5.91 Å². The topological polar surface area (TPSA) is 228 Å². The van der Waals surface area contributed by atoms with Crippen molar-refractivity contribution in [3.63, 3.8) is 0 Å². The number of unbranched alkanes of at least 4 members (excludes halogenated alkanes) is 36. The van der Waals surface area contributed by atoms with Gasteiger partial charge >= 0.3 is 0 Å². The van der Waals surface area contributed by atoms with Crippen LogP contribution in [-0.2, 0) is 23.7 Å². The second-order valence-corrected chi connectivity index (χ2v) is 24.6. The maximum atomic E-state index is 13.3. The summed E-state index contributed by atoms with van der Waals surface area (Å²) in [4.78, 5) is 13.3. The maximum absolute atomic E-state index is 13.3. The highest BCUT2D eigenvalue weighted by atomic mass is 16.7. The normalized spacial score (nSPS) is 23.9. The van der Waals surface area contributed by atoms with Crippen LogP contribution >= 0.6 is 0 Å². The molecule has 2 aliphatic rings. The minimum atomic E-state index is -1.80. The van der Waals surface area contributed by atoms with Crippen LogP contribution < -0.4 is 5.32 Å². The highest BCUT2D eigenvalue weighted by Crippen LogP contribution is 2.30. The van der Waals surface area contributed by atoms with Crippen molar-refractivity contribution >= 4 is 5.91 Å². The number of allylic oxidation sites excluding steroid dienone is 9. The lowest BCUT2D eigenvalue weighted by Crippen LogP contribution is -2.65. The first-order chi connectivity index (χ1) is 41.6. The van der Waals surface area contributed by atoms with E-state index in [-0.39, 0.29) is 18.9 Å². The highest BCUT2D eigenvalue weighted by molar-refractivity contribution is 5.76. The first kappa shape index (κ1) is 78.8. The zero-order chi connectivity index (χ0) is 61.6. The first-order valence-corrected chi connectivity index (χ1v) is 35.0. The van der Waals surface area contributed by atoms with Gasteiger partial charge in [0.1, 0.15) is 48.8 Å². The van der Waals surface area contributed by atoms with Crippen molar-refractivity contribution in [2.24, 2.45) is 0 Å². The summed E-state index contributed by atoms with van der Waals surface area (Å²) in [7, 11) is 0. The van der Waals surface area contributed by atoms with E-state index >= 15 is 0 Å². The second-order valence-electron chi connectivity index (χ2n) is 24.6. The molecule has 0 aromatic carbocycles. The van der Waals surface area contributed by atoms with Crippen molar-refractivity contribution in [2.45, 2.75) is 364 Å². The number of hydrogen-bond donors (Lipinski definition) is 9. The molecule has 0 spiro atoms. The second kappa shape index (κ2) is 55.7. The van der Waals surface area contributed by atoms with Gasteiger partial charge in [0.15, 0.2) is 12.6 Å². The Balaban J connectivity index is 1.72. The molecular formula is C71H129NO13. The van der Waals surface area contributed by atoms with Gasteiger partial charge in [0.25, 0.3) is 0 Å². The number of nitrogens with one attached hydrogen (secondary N) is 1. The molecule has 0 bridgehead atoms. The fourth-order valence-corrected chi connectivity index (χ4v) is 11.3. The Kier molecular flexibility index (Phi) is 51.7. The monoisotopic (exact) mass is 1200 g/mol. The van der Waals surface area contributed by atoms with Gasteiger partial charge in [-0.1, -0.05) is 267 Å². The first-order valence-electron chi connectivity index (χ1n) is 35.0. The Morgan fingerprint density at radius 1 is 0.424 bits per heavy atom. The van der Waals surface area contributed by atoms with Crippen LogP contribution in [0.2, 0.25) is 0 Å². The van der Waals surface area contributed by atoms with E-state index in [0.717, 1.165) is 51.4 Å². The summed E-state index contributed by atoms with van der Waals surface area (Å²) in [6, 6.07) is -0.943. The zero-order valence-corrected chi connectivity index (χ0v) is 53.8. The molecule has 9 N–H and O–H groups in total. The Morgan fingerprint density at radius 3 is 1.22 bits per heavy atom. The fourth-order valence-electron chi connectivity index (χ4n) is 11.3. The average molecular weight is 1200 g/mol. The summed E-state index contributed by atoms with van der Waals surface area (Å²) in [5.74, 6) is -0.254. The summed E-state index contributed by atoms with van der Waals surface area (Å²) in [5, 5.41) is 87.4. The van der Waals surface area contributed by atoms with Gasteiger partial charge in [-0.25, -0.2) is 0 Å². The molecule has 0 radical (unpaired) electrons. The third kappa shape index (κ3) is 40.1. The Bertz CT molecular complexity index is 1660. The summed E-state index contributed by atoms with van der Waals surface area (Å²) >= 11 is 0. The lowest BCUT2D eigenvalue weighted by molar-refractivity contribution is -0.359. The van der Waals surface area contributed by atoms with Gasteiger partial charge in [-0.2, -0.15) is 0 Å². The predicted octanol–water partition coefficient (Wildman–Crippen LogP) is 14.1. The number of carbonyl (C=O) groups is 1. The minimum Gasteiger partial charge on any atom is -0.394 e. The van der Waals surface area contributed by atoms with Crippen LogP contribution in [0.1, 0.15) is 290 Å². The molecule has 0 aromatic heterocycles. The third-order valence-corrected chi connectivity index (χ3v) is 16.9. The van der Waals surface area contributed by atoms with Gasteiger partial charge in [0, 0.05) is 6.42 Å². The highest BCUT2D eigenvalue weighted by Gasteiger charge is 2.51. The van der Waals surface area contributed by atoms with Crippen LogP contribution in [-0.4, -0.2) is 140 Å². The summed E-state index contributed by atoms with van der Waals surface area (Å²) in [5.41, 5.74) is 0. The molecule has 85 heavy (non-hydrogen) atoms. The lowest BCUT2D eigenvalue weighted by Gasteiger charge is -2.46. The maximum Gasteiger partial charge on any atom is 0.220 e. The largest absolute Gasteiger partial charge is 0.394 e. The molecule has 2 heterocycles. The molecule has 14 nitrogen and oxygen atoms in total. The van der Waals surface area contributed by atoms with E-state index in [1.54, 1.807) is 6.08 Å². The van der Waals surface area contributed by atoms with Crippen LogP contribution in [0.3, 0.4) is 0 Å². The van der Waals surface area contributed by atoms with Crippen molar-refractivity contribution in [3.05, 3.63) is 60.8 Å². The van der Waals surface area contributed by atoms with Gasteiger partial charge in [-0.05, 0) is 77.0 Å². The quantitative estimate of drug-likeness (QED) is 0.0204. The van der Waals surface area contributed by atoms with E-state index in [9.17, 15) is 45.6 Å². The van der Waals surface area contributed by atoms with Gasteiger partial charge < -0.3 is 65.1 Å². The molecule has 0 aromatic rings. The van der Waals surface area contributed by atoms with E-state index in [1.807, 2.05) is 6.08 Å². The van der Waals surface area contributed by atoms with Gasteiger partial charge in [-0.15, -0.1) is 0 Å². The Labute approximate surface area is 517 Å². The zero-order valence-electron chi connectivity index (χ0n) is 53.8. The molecule has 0 saturated carbocycles. The molecule has 496 valence electrons. The fraction of sp³-hybridized carbons (Fsp3) is 0.845. The van der Waals surface area contributed by atoms with Crippen LogP contribution in [0.15, 0.2) is 60.8 Å². The molecule has 2 rings (SSSR count). The van der Waals surface area contributed by atoms with Crippen LogP contribution in [0.4, 0.5) is 0 Å². The van der Waals surface area contributed by atoms with Crippen molar-refractivity contribution in [2.75, 3.05) is 19.8 Å². The van der Waals surface area contributed by atoms with Crippen LogP contribution in [0.25, 0.3) is 0 Å². The van der Waals surface area contributed by atoms with Gasteiger partial charge in [-0.3, -0.25) is 4.79 Å². The van der Waals surface area contributed by atoms with E-state index < -0.39 is 86.8 Å². The minimum absolute atomic E-state index is 0.254. The molecule has 2 fully saturated rings. The third-order valence-electron chi connectivity index (χ3n) is 16.9. The smallest absolute Gasteiger partial charge is 0.220 e. The van der Waals surface area contributed by atoms with E-state index in [0.29, 0.717) is 12.8 Å². The average Bonchev–Trinajstić information content (AvgIpc) is 3.68.